The molecule has 0 aliphatic rings. The molecule has 102 valence electrons. The fraction of sp³-hybridized carbons (Fsp3) is 0.200. The van der Waals surface area contributed by atoms with E-state index in [1.807, 2.05) is 0 Å². The third kappa shape index (κ3) is 3.50. The van der Waals surface area contributed by atoms with Crippen molar-refractivity contribution >= 4 is 15.7 Å². The lowest BCUT2D eigenvalue weighted by Gasteiger charge is -2.06. The molecule has 19 heavy (non-hydrogen) atoms. The first kappa shape index (κ1) is 13.5. The Balaban J connectivity index is 1.97. The summed E-state index contributed by atoms with van der Waals surface area (Å²) < 4.78 is 31.1. The lowest BCUT2D eigenvalue weighted by molar-refractivity contribution is 0.377. The van der Waals surface area contributed by atoms with Crippen LogP contribution >= 0.6 is 0 Å². The number of sulfonamides is 1. The van der Waals surface area contributed by atoms with E-state index in [0.717, 1.165) is 0 Å². The molecule has 0 amide bonds. The van der Waals surface area contributed by atoms with Crippen molar-refractivity contribution in [3.05, 3.63) is 36.5 Å². The highest BCUT2D eigenvalue weighted by Gasteiger charge is 2.13. The third-order valence-corrected chi connectivity index (χ3v) is 3.85. The number of anilines is 1. The van der Waals surface area contributed by atoms with Crippen LogP contribution in [0.4, 0.5) is 5.69 Å². The number of hydrogen-bond donors (Lipinski definition) is 3. The van der Waals surface area contributed by atoms with Crippen LogP contribution < -0.4 is 16.0 Å². The van der Waals surface area contributed by atoms with Gasteiger partial charge in [-0.1, -0.05) is 5.16 Å². The van der Waals surface area contributed by atoms with E-state index in [-0.39, 0.29) is 11.4 Å². The molecule has 9 heteroatoms. The van der Waals surface area contributed by atoms with Crippen molar-refractivity contribution in [2.75, 3.05) is 12.0 Å². The number of hydrogen-bond acceptors (Lipinski definition) is 7. The van der Waals surface area contributed by atoms with Crippen molar-refractivity contribution in [2.45, 2.75) is 11.3 Å². The van der Waals surface area contributed by atoms with E-state index in [2.05, 4.69) is 20.3 Å². The van der Waals surface area contributed by atoms with Crippen molar-refractivity contribution in [1.29, 1.82) is 0 Å². The maximum atomic E-state index is 11.9. The van der Waals surface area contributed by atoms with Crippen molar-refractivity contribution < 1.29 is 12.9 Å². The van der Waals surface area contributed by atoms with Gasteiger partial charge in [0.25, 0.3) is 0 Å². The van der Waals surface area contributed by atoms with Gasteiger partial charge in [0.05, 0.1) is 4.90 Å². The minimum atomic E-state index is -3.55. The van der Waals surface area contributed by atoms with Gasteiger partial charge in [-0.15, -0.1) is 0 Å². The predicted octanol–water partition coefficient (Wildman–Crippen LogP) is -0.124. The van der Waals surface area contributed by atoms with Gasteiger partial charge in [0.2, 0.25) is 15.9 Å². The van der Waals surface area contributed by atoms with Crippen LogP contribution in [0.1, 0.15) is 5.89 Å². The quantitative estimate of drug-likeness (QED) is 0.498. The Bertz CT molecular complexity index is 609. The van der Waals surface area contributed by atoms with Crippen molar-refractivity contribution in [3.8, 4) is 0 Å². The highest BCUT2D eigenvalue weighted by atomic mass is 32.2. The molecule has 0 spiro atoms. The van der Waals surface area contributed by atoms with Crippen molar-refractivity contribution in [3.63, 3.8) is 0 Å². The summed E-state index contributed by atoms with van der Waals surface area (Å²) in [4.78, 5) is 3.96. The lowest BCUT2D eigenvalue weighted by Crippen LogP contribution is -2.26. The average Bonchev–Trinajstić information content (AvgIpc) is 2.92. The van der Waals surface area contributed by atoms with Crippen LogP contribution in [-0.2, 0) is 16.4 Å². The van der Waals surface area contributed by atoms with Gasteiger partial charge in [-0.25, -0.2) is 13.1 Å². The first-order valence-electron chi connectivity index (χ1n) is 5.44. The molecule has 2 aromatic rings. The van der Waals surface area contributed by atoms with Crippen LogP contribution in [0.25, 0.3) is 0 Å². The number of aromatic nitrogens is 2. The molecule has 0 bridgehead atoms. The van der Waals surface area contributed by atoms with Crippen LogP contribution in [-0.4, -0.2) is 25.1 Å². The highest BCUT2D eigenvalue weighted by molar-refractivity contribution is 7.89. The molecule has 2 rings (SSSR count). The molecule has 8 nitrogen and oxygen atoms in total. The summed E-state index contributed by atoms with van der Waals surface area (Å²) in [6.45, 7) is 0.182. The summed E-state index contributed by atoms with van der Waals surface area (Å²) in [7, 11) is -3.55. The van der Waals surface area contributed by atoms with E-state index in [1.54, 1.807) is 12.1 Å². The van der Waals surface area contributed by atoms with E-state index in [9.17, 15) is 8.42 Å². The van der Waals surface area contributed by atoms with Gasteiger partial charge in [0.1, 0.15) is 0 Å². The molecule has 0 unspecified atom stereocenters. The summed E-state index contributed by atoms with van der Waals surface area (Å²) in [5, 5.41) is 3.43. The van der Waals surface area contributed by atoms with E-state index >= 15 is 0 Å². The molecule has 0 saturated carbocycles. The zero-order chi connectivity index (χ0) is 13.7. The average molecular weight is 283 g/mol. The maximum Gasteiger partial charge on any atom is 0.240 e. The molecule has 0 aliphatic heterocycles. The number of nitrogen functional groups attached to an aromatic ring is 1. The predicted molar refractivity (Wildman–Crippen MR) is 67.4 cm³/mol. The van der Waals surface area contributed by atoms with E-state index in [1.165, 1.54) is 18.5 Å². The molecule has 0 atom stereocenters. The number of benzene rings is 1. The molecule has 1 aromatic heterocycles. The Morgan fingerprint density at radius 2 is 2.00 bits per heavy atom. The zero-order valence-corrected chi connectivity index (χ0v) is 10.7. The Morgan fingerprint density at radius 3 is 2.58 bits per heavy atom. The number of hydrazine groups is 1. The fourth-order valence-electron chi connectivity index (χ4n) is 1.41. The van der Waals surface area contributed by atoms with Crippen LogP contribution in [0.5, 0.6) is 0 Å². The maximum absolute atomic E-state index is 11.9. The topological polar surface area (TPSA) is 123 Å². The number of nitrogens with zero attached hydrogens (tertiary/aromatic N) is 2. The molecule has 0 aliphatic carbocycles. The van der Waals surface area contributed by atoms with E-state index in [4.69, 9.17) is 10.4 Å². The number of nitrogens with one attached hydrogen (secondary N) is 2. The second-order valence-electron chi connectivity index (χ2n) is 3.65. The fourth-order valence-corrected chi connectivity index (χ4v) is 2.44. The number of rotatable bonds is 6. The van der Waals surface area contributed by atoms with Crippen molar-refractivity contribution in [1.82, 2.24) is 14.9 Å². The standard InChI is InChI=1S/C10H13N5O3S/c11-15-8-1-3-9(4-2-8)19(16,17)14-6-5-10-12-7-13-18-10/h1-4,7,14-15H,5-6,11H2. The first-order chi connectivity index (χ1) is 9.12. The lowest BCUT2D eigenvalue weighted by atomic mass is 10.3. The first-order valence-corrected chi connectivity index (χ1v) is 6.92. The highest BCUT2D eigenvalue weighted by Crippen LogP contribution is 2.12. The van der Waals surface area contributed by atoms with Gasteiger partial charge in [-0.2, -0.15) is 4.98 Å². The summed E-state index contributed by atoms with van der Waals surface area (Å²) in [5.41, 5.74) is 3.05. The summed E-state index contributed by atoms with van der Waals surface area (Å²) in [6.07, 6.45) is 1.60. The minimum Gasteiger partial charge on any atom is -0.340 e. The molecule has 1 heterocycles. The largest absolute Gasteiger partial charge is 0.340 e. The number of nitrogens with two attached hydrogens (primary N) is 1. The van der Waals surface area contributed by atoms with Crippen LogP contribution in [0, 0.1) is 0 Å². The van der Waals surface area contributed by atoms with Gasteiger partial charge in [0, 0.05) is 18.7 Å². The second kappa shape index (κ2) is 5.78. The van der Waals surface area contributed by atoms with Crippen LogP contribution in [0.15, 0.2) is 40.0 Å². The normalized spacial score (nSPS) is 11.4. The molecule has 0 radical (unpaired) electrons. The Kier molecular flexibility index (Phi) is 4.10. The molecule has 0 saturated heterocycles. The van der Waals surface area contributed by atoms with Gasteiger partial charge in [0.15, 0.2) is 6.33 Å². The molecule has 0 fully saturated rings. The Hall–Kier alpha value is -1.97. The summed E-state index contributed by atoms with van der Waals surface area (Å²) in [5.74, 6) is 5.58. The molecular formula is C10H13N5O3S. The SMILES string of the molecule is NNc1ccc(S(=O)(=O)NCCc2ncno2)cc1. The Labute approximate surface area is 110 Å². The summed E-state index contributed by atoms with van der Waals surface area (Å²) in [6, 6.07) is 6.08. The zero-order valence-electron chi connectivity index (χ0n) is 9.91. The third-order valence-electron chi connectivity index (χ3n) is 2.37. The van der Waals surface area contributed by atoms with Crippen molar-refractivity contribution in [2.24, 2.45) is 5.84 Å². The Morgan fingerprint density at radius 1 is 1.26 bits per heavy atom. The second-order valence-corrected chi connectivity index (χ2v) is 5.42. The molecular weight excluding hydrogens is 270 g/mol. The van der Waals surface area contributed by atoms with Gasteiger partial charge in [-0.05, 0) is 24.3 Å². The van der Waals surface area contributed by atoms with E-state index < -0.39 is 10.0 Å². The van der Waals surface area contributed by atoms with Crippen LogP contribution in [0.3, 0.4) is 0 Å². The van der Waals surface area contributed by atoms with Gasteiger partial charge < -0.3 is 9.95 Å². The minimum absolute atomic E-state index is 0.164. The smallest absolute Gasteiger partial charge is 0.240 e. The van der Waals surface area contributed by atoms with E-state index in [0.29, 0.717) is 18.0 Å². The van der Waals surface area contributed by atoms with Gasteiger partial charge >= 0.3 is 0 Å². The van der Waals surface area contributed by atoms with Gasteiger partial charge in [-0.3, -0.25) is 5.84 Å². The molecule has 4 N–H and O–H groups in total. The summed E-state index contributed by atoms with van der Waals surface area (Å²) >= 11 is 0. The monoisotopic (exact) mass is 283 g/mol. The van der Waals surface area contributed by atoms with Crippen LogP contribution in [0.2, 0.25) is 0 Å². The molecule has 1 aromatic carbocycles.